The van der Waals surface area contributed by atoms with Gasteiger partial charge in [-0.2, -0.15) is 0 Å². The van der Waals surface area contributed by atoms with Gasteiger partial charge in [-0.1, -0.05) is 39.3 Å². The van der Waals surface area contributed by atoms with Crippen molar-refractivity contribution in [3.63, 3.8) is 0 Å². The zero-order chi connectivity index (χ0) is 12.5. The fraction of sp³-hybridized carbons (Fsp3) is 0. The molecule has 2 aromatic carbocycles. The molecule has 88 valence electrons. The molecule has 3 nitrogen and oxygen atoms in total. The van der Waals surface area contributed by atoms with Crippen LogP contribution in [-0.4, -0.2) is 11.4 Å². The van der Waals surface area contributed by atoms with E-state index in [0.29, 0.717) is 16.8 Å². The lowest BCUT2D eigenvalue weighted by atomic mass is 10.0. The second-order valence-corrected chi connectivity index (χ2v) is 4.79. The third-order valence-corrected chi connectivity index (χ3v) is 3.27. The summed E-state index contributed by atoms with van der Waals surface area (Å²) >= 11 is 3.35. The molecule has 0 saturated heterocycles. The third-order valence-electron chi connectivity index (χ3n) is 2.77. The first kappa shape index (κ1) is 11.2. The number of benzene rings is 2. The van der Waals surface area contributed by atoms with Gasteiger partial charge in [0.25, 0.3) is 0 Å². The number of carbonyl (C=O) groups is 1. The topological polar surface area (TPSA) is 43.1 Å². The average Bonchev–Trinajstić information content (AvgIpc) is 2.82. The number of halogens is 1. The smallest absolute Gasteiger partial charge is 0.167 e. The normalized spacial score (nSPS) is 10.7. The van der Waals surface area contributed by atoms with Crippen molar-refractivity contribution in [2.75, 3.05) is 0 Å². The van der Waals surface area contributed by atoms with E-state index < -0.39 is 0 Å². The molecule has 18 heavy (non-hydrogen) atoms. The van der Waals surface area contributed by atoms with E-state index in [1.54, 1.807) is 6.07 Å². The Bertz CT molecular complexity index is 733. The molecular weight excluding hydrogens is 294 g/mol. The molecular formula is C14H8BrNO2. The number of nitrogens with zero attached hydrogens (tertiary/aromatic N) is 1. The van der Waals surface area contributed by atoms with Crippen LogP contribution in [0.5, 0.6) is 0 Å². The van der Waals surface area contributed by atoms with Crippen LogP contribution in [0.25, 0.3) is 22.2 Å². The largest absolute Gasteiger partial charge is 0.356 e. The lowest BCUT2D eigenvalue weighted by Crippen LogP contribution is -1.88. The molecule has 1 heterocycles. The van der Waals surface area contributed by atoms with E-state index in [-0.39, 0.29) is 0 Å². The number of rotatable bonds is 2. The molecule has 0 spiro atoms. The Morgan fingerprint density at radius 3 is 2.83 bits per heavy atom. The summed E-state index contributed by atoms with van der Waals surface area (Å²) in [5.41, 5.74) is 2.77. The number of hydrogen-bond acceptors (Lipinski definition) is 3. The first-order chi connectivity index (χ1) is 8.79. The summed E-state index contributed by atoms with van der Waals surface area (Å²) in [4.78, 5) is 11.1. The van der Waals surface area contributed by atoms with Gasteiger partial charge in [-0.15, -0.1) is 0 Å². The van der Waals surface area contributed by atoms with E-state index in [1.807, 2.05) is 36.4 Å². The minimum atomic E-state index is 0.587. The van der Waals surface area contributed by atoms with Gasteiger partial charge in [-0.25, -0.2) is 0 Å². The molecule has 3 aromatic rings. The van der Waals surface area contributed by atoms with E-state index in [1.165, 1.54) is 0 Å². The first-order valence-electron chi connectivity index (χ1n) is 5.39. The van der Waals surface area contributed by atoms with Gasteiger partial charge in [0, 0.05) is 21.0 Å². The predicted octanol–water partition coefficient (Wildman–Crippen LogP) is 4.07. The predicted molar refractivity (Wildman–Crippen MR) is 72.5 cm³/mol. The van der Waals surface area contributed by atoms with Crippen LogP contribution in [0.3, 0.4) is 0 Å². The van der Waals surface area contributed by atoms with E-state index in [2.05, 4.69) is 21.1 Å². The van der Waals surface area contributed by atoms with Gasteiger partial charge in [-0.3, -0.25) is 4.79 Å². The lowest BCUT2D eigenvalue weighted by molar-refractivity contribution is 0.112. The van der Waals surface area contributed by atoms with Gasteiger partial charge in [0.2, 0.25) is 0 Å². The summed E-state index contributed by atoms with van der Waals surface area (Å²) in [6.07, 6.45) is 0.823. The van der Waals surface area contributed by atoms with Crippen LogP contribution in [0.1, 0.15) is 10.4 Å². The molecule has 3 rings (SSSR count). The molecule has 0 bridgehead atoms. The maximum absolute atomic E-state index is 11.1. The monoisotopic (exact) mass is 301 g/mol. The zero-order valence-electron chi connectivity index (χ0n) is 9.26. The van der Waals surface area contributed by atoms with Crippen LogP contribution in [0.15, 0.2) is 51.5 Å². The number of hydrogen-bond donors (Lipinski definition) is 0. The zero-order valence-corrected chi connectivity index (χ0v) is 10.8. The fourth-order valence-corrected chi connectivity index (χ4v) is 2.31. The number of fused-ring (bicyclic) bond motifs is 1. The highest BCUT2D eigenvalue weighted by molar-refractivity contribution is 9.10. The number of para-hydroxylation sites is 1. The Labute approximate surface area is 112 Å². The highest BCUT2D eigenvalue weighted by Crippen LogP contribution is 2.30. The Morgan fingerprint density at radius 1 is 1.17 bits per heavy atom. The second-order valence-electron chi connectivity index (χ2n) is 3.88. The maximum Gasteiger partial charge on any atom is 0.167 e. The lowest BCUT2D eigenvalue weighted by Gasteiger charge is -2.01. The van der Waals surface area contributed by atoms with Crippen molar-refractivity contribution < 1.29 is 9.32 Å². The molecule has 0 aliphatic heterocycles. The standard InChI is InChI=1S/C14H8BrNO2/c15-10-5-6-11(9(7-10)8-17)14-12-3-1-2-4-13(12)18-16-14/h1-8H. The molecule has 0 aliphatic rings. The summed E-state index contributed by atoms with van der Waals surface area (Å²) < 4.78 is 6.12. The van der Waals surface area contributed by atoms with Crippen molar-refractivity contribution in [2.24, 2.45) is 0 Å². The summed E-state index contributed by atoms with van der Waals surface area (Å²) in [6.45, 7) is 0. The molecule has 0 fully saturated rings. The number of aromatic nitrogens is 1. The summed E-state index contributed by atoms with van der Waals surface area (Å²) in [6, 6.07) is 13.1. The highest BCUT2D eigenvalue weighted by Gasteiger charge is 2.13. The fourth-order valence-electron chi connectivity index (χ4n) is 1.93. The van der Waals surface area contributed by atoms with Crippen LogP contribution in [-0.2, 0) is 0 Å². The van der Waals surface area contributed by atoms with E-state index in [9.17, 15) is 4.79 Å². The molecule has 0 atom stereocenters. The Hall–Kier alpha value is -1.94. The molecule has 4 heteroatoms. The van der Waals surface area contributed by atoms with Crippen LogP contribution in [0.4, 0.5) is 0 Å². The van der Waals surface area contributed by atoms with Crippen LogP contribution >= 0.6 is 15.9 Å². The van der Waals surface area contributed by atoms with Crippen LogP contribution < -0.4 is 0 Å². The number of carbonyl (C=O) groups excluding carboxylic acids is 1. The molecule has 0 saturated carbocycles. The minimum Gasteiger partial charge on any atom is -0.356 e. The molecule has 0 radical (unpaired) electrons. The molecule has 0 N–H and O–H groups in total. The van der Waals surface area contributed by atoms with Gasteiger partial charge in [0.05, 0.1) is 0 Å². The van der Waals surface area contributed by atoms with E-state index in [4.69, 9.17) is 4.52 Å². The minimum absolute atomic E-state index is 0.587. The Balaban J connectivity index is 2.29. The SMILES string of the molecule is O=Cc1cc(Br)ccc1-c1noc2ccccc12. The highest BCUT2D eigenvalue weighted by atomic mass is 79.9. The summed E-state index contributed by atoms with van der Waals surface area (Å²) in [5.74, 6) is 0. The van der Waals surface area contributed by atoms with E-state index in [0.717, 1.165) is 21.7 Å². The Morgan fingerprint density at radius 2 is 2.00 bits per heavy atom. The van der Waals surface area contributed by atoms with Gasteiger partial charge in [0.15, 0.2) is 11.9 Å². The van der Waals surface area contributed by atoms with Crippen LogP contribution in [0.2, 0.25) is 0 Å². The van der Waals surface area contributed by atoms with Gasteiger partial charge < -0.3 is 4.52 Å². The van der Waals surface area contributed by atoms with Crippen molar-refractivity contribution in [3.8, 4) is 11.3 Å². The quantitative estimate of drug-likeness (QED) is 0.670. The first-order valence-corrected chi connectivity index (χ1v) is 6.18. The Kier molecular flexibility index (Phi) is 2.72. The van der Waals surface area contributed by atoms with Crippen molar-refractivity contribution in [3.05, 3.63) is 52.5 Å². The van der Waals surface area contributed by atoms with Gasteiger partial charge in [0.1, 0.15) is 5.69 Å². The van der Waals surface area contributed by atoms with Gasteiger partial charge in [-0.05, 0) is 24.3 Å². The van der Waals surface area contributed by atoms with Crippen molar-refractivity contribution in [2.45, 2.75) is 0 Å². The summed E-state index contributed by atoms with van der Waals surface area (Å²) in [5, 5.41) is 4.96. The number of aldehydes is 1. The average molecular weight is 302 g/mol. The van der Waals surface area contributed by atoms with Crippen LogP contribution in [0, 0.1) is 0 Å². The molecule has 1 aromatic heterocycles. The van der Waals surface area contributed by atoms with Crippen molar-refractivity contribution >= 4 is 33.2 Å². The molecule has 0 aliphatic carbocycles. The summed E-state index contributed by atoms with van der Waals surface area (Å²) in [7, 11) is 0. The third kappa shape index (κ3) is 1.75. The van der Waals surface area contributed by atoms with Gasteiger partial charge >= 0.3 is 0 Å². The molecule has 0 unspecified atom stereocenters. The van der Waals surface area contributed by atoms with E-state index >= 15 is 0 Å². The second kappa shape index (κ2) is 4.38. The maximum atomic E-state index is 11.1. The van der Waals surface area contributed by atoms with Crippen molar-refractivity contribution in [1.82, 2.24) is 5.16 Å². The molecule has 0 amide bonds. The van der Waals surface area contributed by atoms with Crippen molar-refractivity contribution in [1.29, 1.82) is 0 Å².